The molecule has 2 heterocycles. The molecule has 0 aliphatic heterocycles. The van der Waals surface area contributed by atoms with E-state index in [1.54, 1.807) is 18.2 Å². The van der Waals surface area contributed by atoms with Crippen LogP contribution in [0.5, 0.6) is 5.75 Å². The number of ether oxygens (including phenoxy) is 1. The molecule has 0 unspecified atom stereocenters. The van der Waals surface area contributed by atoms with Crippen LogP contribution in [0.2, 0.25) is 0 Å². The second-order valence-corrected chi connectivity index (χ2v) is 8.58. The number of carbonyl (C=O) groups is 1. The van der Waals surface area contributed by atoms with Crippen LogP contribution in [-0.4, -0.2) is 17.5 Å². The van der Waals surface area contributed by atoms with Gasteiger partial charge in [-0.1, -0.05) is 54.6 Å². The second kappa shape index (κ2) is 9.33. The highest BCUT2D eigenvalue weighted by atomic mass is 32.1. The van der Waals surface area contributed by atoms with Gasteiger partial charge in [-0.2, -0.15) is 0 Å². The smallest absolute Gasteiger partial charge is 0.336 e. The van der Waals surface area contributed by atoms with Crippen molar-refractivity contribution in [2.45, 2.75) is 6.92 Å². The van der Waals surface area contributed by atoms with Crippen molar-refractivity contribution in [3.8, 4) is 28.1 Å². The van der Waals surface area contributed by atoms with Crippen LogP contribution in [0.4, 0.5) is 5.13 Å². The first-order valence-corrected chi connectivity index (χ1v) is 11.5. The first kappa shape index (κ1) is 21.6. The first-order chi connectivity index (χ1) is 16.5. The number of rotatable bonds is 6. The van der Waals surface area contributed by atoms with Crippen LogP contribution in [0.3, 0.4) is 0 Å². The molecule has 0 aliphatic carbocycles. The van der Waals surface area contributed by atoms with Gasteiger partial charge in [-0.15, -0.1) is 11.3 Å². The highest BCUT2D eigenvalue weighted by Crippen LogP contribution is 2.28. The number of benzene rings is 3. The monoisotopic (exact) mass is 468 g/mol. The average Bonchev–Trinajstić information content (AvgIpc) is 3.31. The highest BCUT2D eigenvalue weighted by Gasteiger charge is 2.10. The topological polar surface area (TPSA) is 81.4 Å². The van der Waals surface area contributed by atoms with E-state index in [1.807, 2.05) is 42.6 Å². The lowest BCUT2D eigenvalue weighted by molar-refractivity contribution is -0.118. The number of anilines is 1. The molecule has 7 heteroatoms. The van der Waals surface area contributed by atoms with Gasteiger partial charge in [0.1, 0.15) is 11.3 Å². The van der Waals surface area contributed by atoms with Gasteiger partial charge in [0.25, 0.3) is 5.91 Å². The van der Waals surface area contributed by atoms with E-state index >= 15 is 0 Å². The summed E-state index contributed by atoms with van der Waals surface area (Å²) in [6.45, 7) is 1.65. The molecular formula is C27H20N2O4S. The maximum absolute atomic E-state index is 12.4. The molecule has 1 N–H and O–H groups in total. The Labute approximate surface area is 199 Å². The molecule has 0 aliphatic rings. The van der Waals surface area contributed by atoms with E-state index in [2.05, 4.69) is 34.6 Å². The minimum absolute atomic E-state index is 0.192. The van der Waals surface area contributed by atoms with Crippen molar-refractivity contribution in [1.29, 1.82) is 0 Å². The molecule has 5 aromatic rings. The van der Waals surface area contributed by atoms with Gasteiger partial charge in [0, 0.05) is 28.5 Å². The molecule has 3 aromatic carbocycles. The van der Waals surface area contributed by atoms with Crippen molar-refractivity contribution in [1.82, 2.24) is 4.98 Å². The van der Waals surface area contributed by atoms with Crippen molar-refractivity contribution >= 4 is 33.3 Å². The number of amides is 1. The Hall–Kier alpha value is -4.23. The number of aromatic nitrogens is 1. The zero-order valence-electron chi connectivity index (χ0n) is 18.3. The van der Waals surface area contributed by atoms with Gasteiger partial charge in [0.2, 0.25) is 0 Å². The molecule has 0 radical (unpaired) electrons. The fourth-order valence-electron chi connectivity index (χ4n) is 3.63. The maximum atomic E-state index is 12.4. The van der Waals surface area contributed by atoms with Crippen LogP contribution in [-0.2, 0) is 4.79 Å². The Balaban J connectivity index is 1.21. The quantitative estimate of drug-likeness (QED) is 0.313. The van der Waals surface area contributed by atoms with Gasteiger partial charge >= 0.3 is 5.63 Å². The summed E-state index contributed by atoms with van der Waals surface area (Å²) >= 11 is 1.35. The Morgan fingerprint density at radius 3 is 2.50 bits per heavy atom. The zero-order valence-corrected chi connectivity index (χ0v) is 19.1. The van der Waals surface area contributed by atoms with E-state index < -0.39 is 5.63 Å². The zero-order chi connectivity index (χ0) is 23.5. The summed E-state index contributed by atoms with van der Waals surface area (Å²) in [4.78, 5) is 28.5. The molecule has 0 spiro atoms. The number of thiazole rings is 1. The van der Waals surface area contributed by atoms with E-state index in [-0.39, 0.29) is 12.5 Å². The third-order valence-electron chi connectivity index (χ3n) is 5.33. The molecule has 6 nitrogen and oxygen atoms in total. The van der Waals surface area contributed by atoms with Gasteiger partial charge in [-0.05, 0) is 35.7 Å². The van der Waals surface area contributed by atoms with E-state index in [1.165, 1.54) is 17.4 Å². The summed E-state index contributed by atoms with van der Waals surface area (Å²) in [5.74, 6) is 0.112. The molecular weight excluding hydrogens is 448 g/mol. The number of hydrogen-bond acceptors (Lipinski definition) is 6. The SMILES string of the molecule is Cc1cc(=O)oc2cc(OCC(=O)Nc3nc(-c4ccc(-c5ccccc5)cc4)cs3)ccc12. The molecule has 0 saturated carbocycles. The van der Waals surface area contributed by atoms with Crippen molar-refractivity contribution in [2.24, 2.45) is 0 Å². The van der Waals surface area contributed by atoms with Gasteiger partial charge in [0.05, 0.1) is 5.69 Å². The Morgan fingerprint density at radius 2 is 1.71 bits per heavy atom. The Bertz CT molecular complexity index is 1520. The molecule has 168 valence electrons. The van der Waals surface area contributed by atoms with Crippen LogP contribution in [0.25, 0.3) is 33.4 Å². The molecule has 0 bridgehead atoms. The molecule has 0 fully saturated rings. The van der Waals surface area contributed by atoms with E-state index in [4.69, 9.17) is 9.15 Å². The number of carbonyl (C=O) groups excluding carboxylic acids is 1. The predicted molar refractivity (Wildman–Crippen MR) is 134 cm³/mol. The van der Waals surface area contributed by atoms with Gasteiger partial charge in [0.15, 0.2) is 11.7 Å². The van der Waals surface area contributed by atoms with Gasteiger partial charge < -0.3 is 9.15 Å². The molecule has 0 atom stereocenters. The summed E-state index contributed by atoms with van der Waals surface area (Å²) in [5, 5.41) is 5.99. The number of aryl methyl sites for hydroxylation is 1. The maximum Gasteiger partial charge on any atom is 0.336 e. The van der Waals surface area contributed by atoms with E-state index in [9.17, 15) is 9.59 Å². The van der Waals surface area contributed by atoms with Crippen LogP contribution < -0.4 is 15.7 Å². The fraction of sp³-hybridized carbons (Fsp3) is 0.0741. The molecule has 2 aromatic heterocycles. The average molecular weight is 469 g/mol. The molecule has 0 saturated heterocycles. The first-order valence-electron chi connectivity index (χ1n) is 10.6. The van der Waals surface area contributed by atoms with Crippen molar-refractivity contribution in [3.63, 3.8) is 0 Å². The summed E-state index contributed by atoms with van der Waals surface area (Å²) in [7, 11) is 0. The summed E-state index contributed by atoms with van der Waals surface area (Å²) in [5.41, 5.74) is 4.88. The lowest BCUT2D eigenvalue weighted by Crippen LogP contribution is -2.20. The predicted octanol–water partition coefficient (Wildman–Crippen LogP) is 5.91. The number of fused-ring (bicyclic) bond motifs is 1. The van der Waals surface area contributed by atoms with E-state index in [0.717, 1.165) is 33.3 Å². The normalized spacial score (nSPS) is 10.9. The Morgan fingerprint density at radius 1 is 0.971 bits per heavy atom. The second-order valence-electron chi connectivity index (χ2n) is 7.72. The van der Waals surface area contributed by atoms with Crippen LogP contribution in [0, 0.1) is 6.92 Å². The van der Waals surface area contributed by atoms with Gasteiger partial charge in [-0.25, -0.2) is 9.78 Å². The number of nitrogens with zero attached hydrogens (tertiary/aromatic N) is 1. The molecule has 5 rings (SSSR count). The van der Waals surface area contributed by atoms with Gasteiger partial charge in [-0.3, -0.25) is 10.1 Å². The number of nitrogens with one attached hydrogen (secondary N) is 1. The Kier molecular flexibility index (Phi) is 5.93. The highest BCUT2D eigenvalue weighted by molar-refractivity contribution is 7.14. The fourth-order valence-corrected chi connectivity index (χ4v) is 4.36. The van der Waals surface area contributed by atoms with Crippen molar-refractivity contribution in [2.75, 3.05) is 11.9 Å². The summed E-state index contributed by atoms with van der Waals surface area (Å²) in [6, 6.07) is 24.9. The minimum Gasteiger partial charge on any atom is -0.484 e. The minimum atomic E-state index is -0.422. The van der Waals surface area contributed by atoms with Crippen LogP contribution in [0.15, 0.2) is 93.5 Å². The largest absolute Gasteiger partial charge is 0.484 e. The van der Waals surface area contributed by atoms with E-state index in [0.29, 0.717) is 16.5 Å². The molecule has 34 heavy (non-hydrogen) atoms. The lowest BCUT2D eigenvalue weighted by atomic mass is 10.0. The van der Waals surface area contributed by atoms with Crippen LogP contribution >= 0.6 is 11.3 Å². The third-order valence-corrected chi connectivity index (χ3v) is 6.09. The number of hydrogen-bond donors (Lipinski definition) is 1. The van der Waals surface area contributed by atoms with Crippen LogP contribution in [0.1, 0.15) is 5.56 Å². The van der Waals surface area contributed by atoms with Crippen molar-refractivity contribution < 1.29 is 13.9 Å². The summed E-state index contributed by atoms with van der Waals surface area (Å²) < 4.78 is 10.8. The standard InChI is InChI=1S/C27H20N2O4S/c1-17-13-26(31)33-24-14-21(11-12-22(17)24)32-15-25(30)29-27-28-23(16-34-27)20-9-7-19(8-10-20)18-5-3-2-4-6-18/h2-14,16H,15H2,1H3,(H,28,29,30). The third kappa shape index (κ3) is 4.74. The van der Waals surface area contributed by atoms with Crippen molar-refractivity contribution in [3.05, 3.63) is 100 Å². The lowest BCUT2D eigenvalue weighted by Gasteiger charge is -2.07. The summed E-state index contributed by atoms with van der Waals surface area (Å²) in [6.07, 6.45) is 0. The molecule has 1 amide bonds.